The van der Waals surface area contributed by atoms with Gasteiger partial charge in [-0.1, -0.05) is 23.2 Å². The van der Waals surface area contributed by atoms with E-state index in [2.05, 4.69) is 10.3 Å². The Balaban J connectivity index is 2.20. The number of anilines is 2. The summed E-state index contributed by atoms with van der Waals surface area (Å²) in [6.07, 6.45) is 0. The van der Waals surface area contributed by atoms with Gasteiger partial charge in [-0.05, 0) is 18.2 Å². The maximum Gasteiger partial charge on any atom is 0.187 e. The largest absolute Gasteiger partial charge is 0.330 e. The molecule has 16 heavy (non-hydrogen) atoms. The Morgan fingerprint density at radius 3 is 2.75 bits per heavy atom. The number of halogens is 3. The quantitative estimate of drug-likeness (QED) is 0.811. The smallest absolute Gasteiger partial charge is 0.187 e. The highest BCUT2D eigenvalue weighted by molar-refractivity contribution is 7.13. The van der Waals surface area contributed by atoms with Crippen LogP contribution in [-0.4, -0.2) is 4.98 Å². The molecule has 0 bridgehead atoms. The second-order valence-corrected chi connectivity index (χ2v) is 5.00. The van der Waals surface area contributed by atoms with Crippen molar-refractivity contribution in [2.75, 3.05) is 5.32 Å². The minimum absolute atomic E-state index is 0.409. The average molecular weight is 294 g/mol. The van der Waals surface area contributed by atoms with E-state index in [1.807, 2.05) is 11.4 Å². The molecule has 6 heteroatoms. The fourth-order valence-electron chi connectivity index (χ4n) is 1.13. The molecule has 2 aromatic rings. The van der Waals surface area contributed by atoms with Gasteiger partial charge < -0.3 is 5.32 Å². The molecule has 0 atom stereocenters. The monoisotopic (exact) mass is 292 g/mol. The zero-order chi connectivity index (χ0) is 11.5. The number of thiazole rings is 1. The molecule has 0 aliphatic carbocycles. The van der Waals surface area contributed by atoms with Gasteiger partial charge in [-0.15, -0.1) is 22.9 Å². The first-order valence-corrected chi connectivity index (χ1v) is 6.58. The maximum atomic E-state index is 6.02. The standard InChI is InChI=1S/C10H7Cl3N2S/c11-4-7-5-16-10(14-7)15-9-2-1-6(12)3-8(9)13/h1-3,5H,4H2,(H,14,15). The van der Waals surface area contributed by atoms with Crippen LogP contribution >= 0.6 is 46.1 Å². The molecule has 0 aliphatic rings. The van der Waals surface area contributed by atoms with Crippen LogP contribution < -0.4 is 5.32 Å². The second-order valence-electron chi connectivity index (χ2n) is 3.03. The van der Waals surface area contributed by atoms with Gasteiger partial charge in [0.05, 0.1) is 22.3 Å². The van der Waals surface area contributed by atoms with Crippen molar-refractivity contribution in [3.63, 3.8) is 0 Å². The van der Waals surface area contributed by atoms with E-state index in [0.717, 1.165) is 16.5 Å². The summed E-state index contributed by atoms with van der Waals surface area (Å²) in [5, 5.41) is 6.95. The van der Waals surface area contributed by atoms with Crippen LogP contribution in [0.3, 0.4) is 0 Å². The average Bonchev–Trinajstić information content (AvgIpc) is 2.70. The Bertz CT molecular complexity index is 499. The number of alkyl halides is 1. The van der Waals surface area contributed by atoms with E-state index in [4.69, 9.17) is 34.8 Å². The number of nitrogens with one attached hydrogen (secondary N) is 1. The molecule has 0 spiro atoms. The zero-order valence-electron chi connectivity index (χ0n) is 8.01. The van der Waals surface area contributed by atoms with Gasteiger partial charge in [0, 0.05) is 10.4 Å². The van der Waals surface area contributed by atoms with Crippen molar-refractivity contribution in [1.29, 1.82) is 0 Å². The number of rotatable bonds is 3. The zero-order valence-corrected chi connectivity index (χ0v) is 11.1. The summed E-state index contributed by atoms with van der Waals surface area (Å²) in [6, 6.07) is 5.26. The summed E-state index contributed by atoms with van der Waals surface area (Å²) in [4.78, 5) is 4.27. The molecular weight excluding hydrogens is 287 g/mol. The summed E-state index contributed by atoms with van der Waals surface area (Å²) in [7, 11) is 0. The Morgan fingerprint density at radius 1 is 1.31 bits per heavy atom. The predicted octanol–water partition coefficient (Wildman–Crippen LogP) is 4.93. The van der Waals surface area contributed by atoms with Gasteiger partial charge in [0.1, 0.15) is 0 Å². The summed E-state index contributed by atoms with van der Waals surface area (Å²) >= 11 is 19.0. The van der Waals surface area contributed by atoms with Gasteiger partial charge in [-0.25, -0.2) is 4.98 Å². The third kappa shape index (κ3) is 2.80. The van der Waals surface area contributed by atoms with Crippen molar-refractivity contribution >= 4 is 57.0 Å². The van der Waals surface area contributed by atoms with Crippen LogP contribution in [0.2, 0.25) is 10.0 Å². The van der Waals surface area contributed by atoms with Crippen LogP contribution in [-0.2, 0) is 5.88 Å². The van der Waals surface area contributed by atoms with Gasteiger partial charge in [0.2, 0.25) is 0 Å². The molecule has 84 valence electrons. The molecule has 1 aromatic carbocycles. The number of nitrogens with zero attached hydrogens (tertiary/aromatic N) is 1. The molecule has 0 saturated heterocycles. The predicted molar refractivity (Wildman–Crippen MR) is 71.4 cm³/mol. The molecule has 1 N–H and O–H groups in total. The van der Waals surface area contributed by atoms with Crippen LogP contribution in [0.15, 0.2) is 23.6 Å². The molecule has 0 saturated carbocycles. The van der Waals surface area contributed by atoms with Crippen LogP contribution in [0.25, 0.3) is 0 Å². The highest BCUT2D eigenvalue weighted by Crippen LogP contribution is 2.29. The van der Waals surface area contributed by atoms with E-state index in [-0.39, 0.29) is 0 Å². The molecule has 0 unspecified atom stereocenters. The third-order valence-electron chi connectivity index (χ3n) is 1.86. The minimum atomic E-state index is 0.409. The van der Waals surface area contributed by atoms with Crippen molar-refractivity contribution in [2.45, 2.75) is 5.88 Å². The van der Waals surface area contributed by atoms with Crippen molar-refractivity contribution < 1.29 is 0 Å². The van der Waals surface area contributed by atoms with E-state index in [9.17, 15) is 0 Å². The second kappa shape index (κ2) is 5.23. The molecule has 0 aliphatic heterocycles. The number of hydrogen-bond acceptors (Lipinski definition) is 3. The van der Waals surface area contributed by atoms with E-state index >= 15 is 0 Å². The summed E-state index contributed by atoms with van der Waals surface area (Å²) in [5.74, 6) is 0.409. The van der Waals surface area contributed by atoms with Gasteiger partial charge in [-0.2, -0.15) is 0 Å². The van der Waals surface area contributed by atoms with Crippen molar-refractivity contribution in [2.24, 2.45) is 0 Å². The number of benzene rings is 1. The van der Waals surface area contributed by atoms with Crippen molar-refractivity contribution in [3.8, 4) is 0 Å². The SMILES string of the molecule is ClCc1csc(Nc2ccc(Cl)cc2Cl)n1. The van der Waals surface area contributed by atoms with Gasteiger partial charge >= 0.3 is 0 Å². The summed E-state index contributed by atoms with van der Waals surface area (Å²) in [6.45, 7) is 0. The topological polar surface area (TPSA) is 24.9 Å². The van der Waals surface area contributed by atoms with Crippen LogP contribution in [0.4, 0.5) is 10.8 Å². The molecule has 2 nitrogen and oxygen atoms in total. The molecule has 1 aromatic heterocycles. The van der Waals surface area contributed by atoms with Crippen LogP contribution in [0, 0.1) is 0 Å². The molecule has 2 rings (SSSR count). The Labute approximate surface area is 112 Å². The third-order valence-corrected chi connectivity index (χ3v) is 3.49. The Hall–Kier alpha value is -0.480. The van der Waals surface area contributed by atoms with Crippen LogP contribution in [0.1, 0.15) is 5.69 Å². The Morgan fingerprint density at radius 2 is 2.12 bits per heavy atom. The lowest BCUT2D eigenvalue weighted by molar-refractivity contribution is 1.22. The highest BCUT2D eigenvalue weighted by atomic mass is 35.5. The first-order valence-electron chi connectivity index (χ1n) is 4.41. The fourth-order valence-corrected chi connectivity index (χ4v) is 2.54. The fraction of sp³-hybridized carbons (Fsp3) is 0.100. The molecule has 1 heterocycles. The molecule has 0 amide bonds. The number of aromatic nitrogens is 1. The highest BCUT2D eigenvalue weighted by Gasteiger charge is 2.04. The minimum Gasteiger partial charge on any atom is -0.330 e. The number of hydrogen-bond donors (Lipinski definition) is 1. The normalized spacial score (nSPS) is 10.4. The lowest BCUT2D eigenvalue weighted by Crippen LogP contribution is -1.90. The van der Waals surface area contributed by atoms with Gasteiger partial charge in [-0.3, -0.25) is 0 Å². The van der Waals surface area contributed by atoms with Crippen LogP contribution in [0.5, 0.6) is 0 Å². The molecule has 0 fully saturated rings. The van der Waals surface area contributed by atoms with Gasteiger partial charge in [0.25, 0.3) is 0 Å². The van der Waals surface area contributed by atoms with E-state index in [1.54, 1.807) is 12.1 Å². The van der Waals surface area contributed by atoms with E-state index in [0.29, 0.717) is 15.9 Å². The van der Waals surface area contributed by atoms with E-state index < -0.39 is 0 Å². The first kappa shape index (κ1) is 12.0. The maximum absolute atomic E-state index is 6.02. The molecular formula is C10H7Cl3N2S. The summed E-state index contributed by atoms with van der Waals surface area (Å²) < 4.78 is 0. The lowest BCUT2D eigenvalue weighted by atomic mass is 10.3. The van der Waals surface area contributed by atoms with Crippen molar-refractivity contribution in [1.82, 2.24) is 4.98 Å². The van der Waals surface area contributed by atoms with Gasteiger partial charge in [0.15, 0.2) is 5.13 Å². The van der Waals surface area contributed by atoms with E-state index in [1.165, 1.54) is 11.3 Å². The molecule has 0 radical (unpaired) electrons. The summed E-state index contributed by atoms with van der Waals surface area (Å²) in [5.41, 5.74) is 1.63. The first-order chi connectivity index (χ1) is 7.69. The van der Waals surface area contributed by atoms with Crippen molar-refractivity contribution in [3.05, 3.63) is 39.3 Å². The lowest BCUT2D eigenvalue weighted by Gasteiger charge is -2.04. The Kier molecular flexibility index (Phi) is 3.92.